The summed E-state index contributed by atoms with van der Waals surface area (Å²) >= 11 is 0. The quantitative estimate of drug-likeness (QED) is 0.866. The van der Waals surface area contributed by atoms with Crippen molar-refractivity contribution in [2.24, 2.45) is 0 Å². The molecule has 1 fully saturated rings. The first-order valence-corrected chi connectivity index (χ1v) is 8.03. The van der Waals surface area contributed by atoms with Gasteiger partial charge < -0.3 is 19.3 Å². The van der Waals surface area contributed by atoms with E-state index in [0.717, 1.165) is 24.5 Å². The summed E-state index contributed by atoms with van der Waals surface area (Å²) in [4.78, 5) is 16.8. The van der Waals surface area contributed by atoms with Crippen molar-refractivity contribution in [3.63, 3.8) is 0 Å². The second-order valence-corrected chi connectivity index (χ2v) is 5.71. The largest absolute Gasteiger partial charge is 0.497 e. The summed E-state index contributed by atoms with van der Waals surface area (Å²) in [7, 11) is 3.27. The predicted molar refractivity (Wildman–Crippen MR) is 94.1 cm³/mol. The van der Waals surface area contributed by atoms with Crippen LogP contribution in [-0.4, -0.2) is 51.2 Å². The third-order valence-electron chi connectivity index (χ3n) is 4.32. The van der Waals surface area contributed by atoms with Crippen LogP contribution in [0.2, 0.25) is 0 Å². The molecular weight excluding hydrogens is 304 g/mol. The van der Waals surface area contributed by atoms with E-state index in [1.807, 2.05) is 35.2 Å². The highest BCUT2D eigenvalue weighted by Crippen LogP contribution is 2.21. The molecule has 2 aromatic carbocycles. The van der Waals surface area contributed by atoms with Crippen molar-refractivity contribution in [3.05, 3.63) is 54.1 Å². The first-order chi connectivity index (χ1) is 11.7. The normalized spacial score (nSPS) is 14.4. The monoisotopic (exact) mass is 326 g/mol. The van der Waals surface area contributed by atoms with Gasteiger partial charge in [-0.2, -0.15) is 0 Å². The van der Waals surface area contributed by atoms with Crippen molar-refractivity contribution in [1.29, 1.82) is 0 Å². The number of nitrogens with zero attached hydrogens (tertiary/aromatic N) is 2. The summed E-state index contributed by atoms with van der Waals surface area (Å²) in [6.45, 7) is 3.06. The second-order valence-electron chi connectivity index (χ2n) is 5.71. The van der Waals surface area contributed by atoms with Gasteiger partial charge in [0.25, 0.3) is 5.91 Å². The third kappa shape index (κ3) is 3.45. The van der Waals surface area contributed by atoms with Gasteiger partial charge in [-0.3, -0.25) is 4.79 Å². The molecule has 5 heteroatoms. The van der Waals surface area contributed by atoms with Gasteiger partial charge in [0.05, 0.1) is 14.2 Å². The minimum absolute atomic E-state index is 0.0586. The SMILES string of the molecule is COc1ccc(N2CCN(C(=O)c3cccc(OC)c3)CC2)cc1. The number of benzene rings is 2. The van der Waals surface area contributed by atoms with Gasteiger partial charge in [-0.1, -0.05) is 6.07 Å². The van der Waals surface area contributed by atoms with E-state index >= 15 is 0 Å². The Balaban J connectivity index is 1.62. The standard InChI is InChI=1S/C19H22N2O3/c1-23-17-8-6-16(7-9-17)20-10-12-21(13-11-20)19(22)15-4-3-5-18(14-15)24-2/h3-9,14H,10-13H2,1-2H3. The minimum atomic E-state index is 0.0586. The Hall–Kier alpha value is -2.69. The van der Waals surface area contributed by atoms with E-state index in [4.69, 9.17) is 9.47 Å². The first kappa shape index (κ1) is 16.2. The highest BCUT2D eigenvalue weighted by molar-refractivity contribution is 5.94. The maximum atomic E-state index is 12.6. The number of carbonyl (C=O) groups is 1. The molecule has 3 rings (SSSR count). The van der Waals surface area contributed by atoms with Crippen LogP contribution in [0.1, 0.15) is 10.4 Å². The predicted octanol–water partition coefficient (Wildman–Crippen LogP) is 2.67. The zero-order valence-corrected chi connectivity index (χ0v) is 14.1. The minimum Gasteiger partial charge on any atom is -0.497 e. The molecule has 0 N–H and O–H groups in total. The maximum Gasteiger partial charge on any atom is 0.254 e. The van der Waals surface area contributed by atoms with Crippen molar-refractivity contribution in [3.8, 4) is 11.5 Å². The van der Waals surface area contributed by atoms with Crippen LogP contribution in [-0.2, 0) is 0 Å². The highest BCUT2D eigenvalue weighted by Gasteiger charge is 2.22. The number of rotatable bonds is 4. The molecule has 1 aliphatic rings. The summed E-state index contributed by atoms with van der Waals surface area (Å²) in [5, 5.41) is 0. The Morgan fingerprint density at radius 2 is 1.54 bits per heavy atom. The summed E-state index contributed by atoms with van der Waals surface area (Å²) < 4.78 is 10.4. The molecule has 0 atom stereocenters. The van der Waals surface area contributed by atoms with Crippen LogP contribution < -0.4 is 14.4 Å². The molecule has 0 radical (unpaired) electrons. The number of ether oxygens (including phenoxy) is 2. The Labute approximate surface area is 142 Å². The van der Waals surface area contributed by atoms with E-state index in [1.54, 1.807) is 20.3 Å². The van der Waals surface area contributed by atoms with Gasteiger partial charge in [-0.25, -0.2) is 0 Å². The molecule has 1 aliphatic heterocycles. The van der Waals surface area contributed by atoms with Gasteiger partial charge in [-0.15, -0.1) is 0 Å². The number of amides is 1. The molecule has 0 saturated carbocycles. The smallest absolute Gasteiger partial charge is 0.254 e. The lowest BCUT2D eigenvalue weighted by molar-refractivity contribution is 0.0746. The van der Waals surface area contributed by atoms with Gasteiger partial charge in [0.15, 0.2) is 0 Å². The zero-order valence-electron chi connectivity index (χ0n) is 14.1. The van der Waals surface area contributed by atoms with Gasteiger partial charge in [0, 0.05) is 37.4 Å². The Bertz CT molecular complexity index is 692. The highest BCUT2D eigenvalue weighted by atomic mass is 16.5. The Morgan fingerprint density at radius 1 is 0.875 bits per heavy atom. The summed E-state index contributed by atoms with van der Waals surface area (Å²) in [5.41, 5.74) is 1.83. The molecule has 2 aromatic rings. The van der Waals surface area contributed by atoms with E-state index < -0.39 is 0 Å². The average molecular weight is 326 g/mol. The van der Waals surface area contributed by atoms with E-state index in [-0.39, 0.29) is 5.91 Å². The number of carbonyl (C=O) groups excluding carboxylic acids is 1. The molecule has 1 amide bonds. The molecule has 1 heterocycles. The van der Waals surface area contributed by atoms with Crippen molar-refractivity contribution in [2.45, 2.75) is 0 Å². The molecule has 0 aliphatic carbocycles. The number of anilines is 1. The number of hydrogen-bond acceptors (Lipinski definition) is 4. The van der Waals surface area contributed by atoms with E-state index in [2.05, 4.69) is 17.0 Å². The van der Waals surface area contributed by atoms with Crippen molar-refractivity contribution in [2.75, 3.05) is 45.3 Å². The maximum absolute atomic E-state index is 12.6. The van der Waals surface area contributed by atoms with Crippen LogP contribution in [0, 0.1) is 0 Å². The Kier molecular flexibility index (Phi) is 4.89. The van der Waals surface area contributed by atoms with E-state index in [0.29, 0.717) is 24.4 Å². The fourth-order valence-electron chi connectivity index (χ4n) is 2.90. The van der Waals surface area contributed by atoms with E-state index in [1.165, 1.54) is 0 Å². The lowest BCUT2D eigenvalue weighted by Crippen LogP contribution is -2.48. The molecule has 0 unspecified atom stereocenters. The number of hydrogen-bond donors (Lipinski definition) is 0. The van der Waals surface area contributed by atoms with Crippen LogP contribution >= 0.6 is 0 Å². The average Bonchev–Trinajstić information content (AvgIpc) is 2.67. The van der Waals surface area contributed by atoms with Crippen molar-refractivity contribution < 1.29 is 14.3 Å². The number of methoxy groups -OCH3 is 2. The van der Waals surface area contributed by atoms with Gasteiger partial charge in [-0.05, 0) is 42.5 Å². The molecule has 24 heavy (non-hydrogen) atoms. The lowest BCUT2D eigenvalue weighted by atomic mass is 10.1. The third-order valence-corrected chi connectivity index (χ3v) is 4.32. The van der Waals surface area contributed by atoms with Crippen LogP contribution in [0.25, 0.3) is 0 Å². The molecular formula is C19H22N2O3. The van der Waals surface area contributed by atoms with Gasteiger partial charge in [0.2, 0.25) is 0 Å². The van der Waals surface area contributed by atoms with Crippen LogP contribution in [0.3, 0.4) is 0 Å². The zero-order chi connectivity index (χ0) is 16.9. The van der Waals surface area contributed by atoms with Crippen LogP contribution in [0.4, 0.5) is 5.69 Å². The summed E-state index contributed by atoms with van der Waals surface area (Å²) in [5.74, 6) is 1.62. The molecule has 0 bridgehead atoms. The first-order valence-electron chi connectivity index (χ1n) is 8.03. The van der Waals surface area contributed by atoms with Crippen LogP contribution in [0.5, 0.6) is 11.5 Å². The van der Waals surface area contributed by atoms with Crippen molar-refractivity contribution >= 4 is 11.6 Å². The second kappa shape index (κ2) is 7.25. The fraction of sp³-hybridized carbons (Fsp3) is 0.316. The molecule has 0 aromatic heterocycles. The summed E-state index contributed by atoms with van der Waals surface area (Å²) in [6.07, 6.45) is 0. The number of piperazine rings is 1. The molecule has 1 saturated heterocycles. The Morgan fingerprint density at radius 3 is 2.17 bits per heavy atom. The summed E-state index contributed by atoms with van der Waals surface area (Å²) in [6, 6.07) is 15.3. The lowest BCUT2D eigenvalue weighted by Gasteiger charge is -2.36. The molecule has 126 valence electrons. The molecule has 5 nitrogen and oxygen atoms in total. The van der Waals surface area contributed by atoms with Gasteiger partial charge in [0.1, 0.15) is 11.5 Å². The van der Waals surface area contributed by atoms with Crippen molar-refractivity contribution in [1.82, 2.24) is 4.90 Å². The van der Waals surface area contributed by atoms with E-state index in [9.17, 15) is 4.79 Å². The fourth-order valence-corrected chi connectivity index (χ4v) is 2.90. The van der Waals surface area contributed by atoms with Gasteiger partial charge >= 0.3 is 0 Å². The van der Waals surface area contributed by atoms with Crippen LogP contribution in [0.15, 0.2) is 48.5 Å². The topological polar surface area (TPSA) is 42.0 Å². The molecule has 0 spiro atoms.